The van der Waals surface area contributed by atoms with Crippen molar-refractivity contribution in [3.8, 4) is 0 Å². The summed E-state index contributed by atoms with van der Waals surface area (Å²) in [5.41, 5.74) is 2.06. The lowest BCUT2D eigenvalue weighted by molar-refractivity contribution is 0.138. The molecular weight excluding hydrogens is 222 g/mol. The average molecular weight is 251 g/mol. The molecular formula is C16H29NO. The van der Waals surface area contributed by atoms with Gasteiger partial charge in [-0.2, -0.15) is 0 Å². The Morgan fingerprint density at radius 1 is 1.28 bits per heavy atom. The number of rotatable bonds is 10. The molecule has 2 atom stereocenters. The number of hydrogen-bond donors (Lipinski definition) is 0. The second-order valence-electron chi connectivity index (χ2n) is 4.96. The van der Waals surface area contributed by atoms with Gasteiger partial charge >= 0.3 is 0 Å². The molecule has 0 amide bonds. The maximum absolute atomic E-state index is 5.42. The Labute approximate surface area is 113 Å². The van der Waals surface area contributed by atoms with Crippen molar-refractivity contribution >= 4 is 6.21 Å². The van der Waals surface area contributed by atoms with Gasteiger partial charge in [0.25, 0.3) is 0 Å². The van der Waals surface area contributed by atoms with Gasteiger partial charge in [0.15, 0.2) is 0 Å². The van der Waals surface area contributed by atoms with Crippen molar-refractivity contribution in [3.05, 3.63) is 24.4 Å². The fourth-order valence-electron chi connectivity index (χ4n) is 1.70. The van der Waals surface area contributed by atoms with Crippen LogP contribution in [0.25, 0.3) is 0 Å². The highest BCUT2D eigenvalue weighted by Crippen LogP contribution is 2.20. The average Bonchev–Trinajstić information content (AvgIpc) is 2.34. The standard InChI is InChI=1S/C16H29NO/c1-7-10-18-11-9-15(6)17-12-16(13(3)4)14(5)8-2/h12,14,16H,3,6-11H2,1-2,4-5H3. The Bertz CT molecular complexity index is 281. The van der Waals surface area contributed by atoms with E-state index in [-0.39, 0.29) is 0 Å². The predicted molar refractivity (Wildman–Crippen MR) is 81.1 cm³/mol. The molecule has 0 fully saturated rings. The molecule has 18 heavy (non-hydrogen) atoms. The van der Waals surface area contributed by atoms with Crippen molar-refractivity contribution in [2.75, 3.05) is 13.2 Å². The van der Waals surface area contributed by atoms with Gasteiger partial charge in [-0.15, -0.1) is 0 Å². The van der Waals surface area contributed by atoms with Gasteiger partial charge in [0.1, 0.15) is 0 Å². The third kappa shape index (κ3) is 7.44. The highest BCUT2D eigenvalue weighted by atomic mass is 16.5. The first-order valence-corrected chi connectivity index (χ1v) is 6.97. The van der Waals surface area contributed by atoms with Crippen LogP contribution in [0.1, 0.15) is 47.0 Å². The number of hydrogen-bond acceptors (Lipinski definition) is 2. The molecule has 0 aromatic heterocycles. The second-order valence-corrected chi connectivity index (χ2v) is 4.96. The van der Waals surface area contributed by atoms with Crippen LogP contribution in [-0.4, -0.2) is 19.4 Å². The van der Waals surface area contributed by atoms with Gasteiger partial charge in [-0.3, -0.25) is 4.99 Å². The van der Waals surface area contributed by atoms with Crippen molar-refractivity contribution in [1.82, 2.24) is 0 Å². The van der Waals surface area contributed by atoms with Crippen LogP contribution in [0.5, 0.6) is 0 Å². The third-order valence-corrected chi connectivity index (χ3v) is 3.13. The first-order valence-electron chi connectivity index (χ1n) is 6.97. The molecule has 0 rings (SSSR count). The van der Waals surface area contributed by atoms with Crippen LogP contribution < -0.4 is 0 Å². The third-order valence-electron chi connectivity index (χ3n) is 3.13. The summed E-state index contributed by atoms with van der Waals surface area (Å²) in [6.07, 6.45) is 5.00. The molecule has 0 aliphatic carbocycles. The minimum Gasteiger partial charge on any atom is -0.381 e. The zero-order chi connectivity index (χ0) is 14.0. The Balaban J connectivity index is 4.15. The van der Waals surface area contributed by atoms with Crippen LogP contribution in [0.2, 0.25) is 0 Å². The van der Waals surface area contributed by atoms with Crippen LogP contribution in [0.3, 0.4) is 0 Å². The molecule has 0 saturated heterocycles. The molecule has 0 spiro atoms. The maximum Gasteiger partial charge on any atom is 0.0521 e. The van der Waals surface area contributed by atoms with E-state index in [9.17, 15) is 0 Å². The number of aliphatic imine (C=N–C) groups is 1. The first-order chi connectivity index (χ1) is 8.52. The van der Waals surface area contributed by atoms with E-state index in [4.69, 9.17) is 4.74 Å². The van der Waals surface area contributed by atoms with E-state index < -0.39 is 0 Å². The van der Waals surface area contributed by atoms with Gasteiger partial charge in [0.2, 0.25) is 0 Å². The van der Waals surface area contributed by atoms with Crippen LogP contribution in [0.15, 0.2) is 29.4 Å². The topological polar surface area (TPSA) is 21.6 Å². The SMILES string of the molecule is C=C(CCOCCC)N=CC(C(=C)C)C(C)CC. The van der Waals surface area contributed by atoms with Crippen molar-refractivity contribution in [3.63, 3.8) is 0 Å². The summed E-state index contributed by atoms with van der Waals surface area (Å²) < 4.78 is 5.42. The van der Waals surface area contributed by atoms with Crippen molar-refractivity contribution in [2.45, 2.75) is 47.0 Å². The molecule has 0 heterocycles. The van der Waals surface area contributed by atoms with E-state index in [0.29, 0.717) is 18.4 Å². The van der Waals surface area contributed by atoms with Gasteiger partial charge in [0.05, 0.1) is 6.61 Å². The van der Waals surface area contributed by atoms with Crippen LogP contribution in [-0.2, 0) is 4.74 Å². The van der Waals surface area contributed by atoms with E-state index in [2.05, 4.69) is 45.8 Å². The largest absolute Gasteiger partial charge is 0.381 e. The Morgan fingerprint density at radius 3 is 2.44 bits per heavy atom. The number of nitrogens with zero attached hydrogens (tertiary/aromatic N) is 1. The summed E-state index contributed by atoms with van der Waals surface area (Å²) in [4.78, 5) is 4.45. The van der Waals surface area contributed by atoms with Gasteiger partial charge in [-0.05, 0) is 19.3 Å². The minimum absolute atomic E-state index is 0.350. The Morgan fingerprint density at radius 2 is 1.94 bits per heavy atom. The molecule has 0 N–H and O–H groups in total. The molecule has 2 nitrogen and oxygen atoms in total. The zero-order valence-electron chi connectivity index (χ0n) is 12.5. The van der Waals surface area contributed by atoms with Gasteiger partial charge in [0, 0.05) is 30.9 Å². The lowest BCUT2D eigenvalue weighted by Gasteiger charge is -2.18. The lowest BCUT2D eigenvalue weighted by Crippen LogP contribution is -2.13. The van der Waals surface area contributed by atoms with Crippen molar-refractivity contribution < 1.29 is 4.74 Å². The van der Waals surface area contributed by atoms with Crippen LogP contribution in [0, 0.1) is 11.8 Å². The normalized spacial score (nSPS) is 14.7. The zero-order valence-corrected chi connectivity index (χ0v) is 12.5. The summed E-state index contributed by atoms with van der Waals surface area (Å²) in [5.74, 6) is 0.929. The highest BCUT2D eigenvalue weighted by molar-refractivity contribution is 5.66. The van der Waals surface area contributed by atoms with Crippen LogP contribution >= 0.6 is 0 Å². The summed E-state index contributed by atoms with van der Waals surface area (Å²) in [6.45, 7) is 18.1. The molecule has 104 valence electrons. The quantitative estimate of drug-likeness (QED) is 0.315. The molecule has 0 saturated carbocycles. The maximum atomic E-state index is 5.42. The monoisotopic (exact) mass is 251 g/mol. The summed E-state index contributed by atoms with van der Waals surface area (Å²) >= 11 is 0. The first kappa shape index (κ1) is 17.1. The molecule has 2 unspecified atom stereocenters. The highest BCUT2D eigenvalue weighted by Gasteiger charge is 2.13. The predicted octanol–water partition coefficient (Wildman–Crippen LogP) is 4.63. The second kappa shape index (κ2) is 10.1. The minimum atomic E-state index is 0.350. The van der Waals surface area contributed by atoms with Crippen LogP contribution in [0.4, 0.5) is 0 Å². The number of allylic oxidation sites excluding steroid dienone is 1. The summed E-state index contributed by atoms with van der Waals surface area (Å²) in [7, 11) is 0. The fourth-order valence-corrected chi connectivity index (χ4v) is 1.70. The van der Waals surface area contributed by atoms with E-state index >= 15 is 0 Å². The van der Waals surface area contributed by atoms with Gasteiger partial charge < -0.3 is 4.74 Å². The lowest BCUT2D eigenvalue weighted by atomic mass is 9.88. The summed E-state index contributed by atoms with van der Waals surface area (Å²) in [5, 5.41) is 0. The Kier molecular flexibility index (Phi) is 9.57. The van der Waals surface area contributed by atoms with E-state index in [1.807, 2.05) is 6.21 Å². The fraction of sp³-hybridized carbons (Fsp3) is 0.688. The molecule has 2 heteroatoms. The number of ether oxygens (including phenoxy) is 1. The molecule has 0 aromatic carbocycles. The molecule has 0 aromatic rings. The molecule has 0 radical (unpaired) electrons. The van der Waals surface area contributed by atoms with E-state index in [0.717, 1.165) is 31.6 Å². The van der Waals surface area contributed by atoms with Gasteiger partial charge in [-0.1, -0.05) is 45.9 Å². The molecule has 0 bridgehead atoms. The van der Waals surface area contributed by atoms with Crippen molar-refractivity contribution in [1.29, 1.82) is 0 Å². The van der Waals surface area contributed by atoms with Gasteiger partial charge in [-0.25, -0.2) is 0 Å². The molecule has 0 aliphatic heterocycles. The van der Waals surface area contributed by atoms with Crippen molar-refractivity contribution in [2.24, 2.45) is 16.8 Å². The summed E-state index contributed by atoms with van der Waals surface area (Å²) in [6, 6.07) is 0. The van der Waals surface area contributed by atoms with E-state index in [1.54, 1.807) is 0 Å². The van der Waals surface area contributed by atoms with E-state index in [1.165, 1.54) is 5.57 Å². The Hall–Kier alpha value is -0.890. The molecule has 0 aliphatic rings. The smallest absolute Gasteiger partial charge is 0.0521 e.